The van der Waals surface area contributed by atoms with E-state index in [1.807, 2.05) is 13.8 Å². The summed E-state index contributed by atoms with van der Waals surface area (Å²) in [7, 11) is 0. The zero-order chi connectivity index (χ0) is 10.8. The van der Waals surface area contributed by atoms with Gasteiger partial charge in [0.15, 0.2) is 0 Å². The second kappa shape index (κ2) is 9.96. The lowest BCUT2D eigenvalue weighted by Crippen LogP contribution is -2.10. The van der Waals surface area contributed by atoms with Crippen LogP contribution < -0.4 is 3.69 Å². The molecule has 0 bridgehead atoms. The predicted octanol–water partition coefficient (Wildman–Crippen LogP) is 2.68. The molecule has 0 heterocycles. The van der Waals surface area contributed by atoms with Crippen molar-refractivity contribution in [3.8, 4) is 0 Å². The van der Waals surface area contributed by atoms with Crippen LogP contribution in [-0.2, 0) is 4.74 Å². The second-order valence-electron chi connectivity index (χ2n) is 2.84. The van der Waals surface area contributed by atoms with Crippen molar-refractivity contribution in [2.45, 2.75) is 20.8 Å². The van der Waals surface area contributed by atoms with Crippen molar-refractivity contribution in [2.24, 2.45) is 0 Å². The SMILES string of the molecule is CCOCC.Cc1cccc[c]1[Mg][Br]. The Morgan fingerprint density at radius 3 is 2.07 bits per heavy atom. The van der Waals surface area contributed by atoms with E-state index in [1.165, 1.54) is 9.26 Å². The molecule has 0 spiro atoms. The highest BCUT2D eigenvalue weighted by molar-refractivity contribution is 9.23. The van der Waals surface area contributed by atoms with Gasteiger partial charge >= 0.3 is 18.2 Å². The lowest BCUT2D eigenvalue weighted by molar-refractivity contribution is 0.162. The van der Waals surface area contributed by atoms with Crippen LogP contribution in [0.15, 0.2) is 24.3 Å². The monoisotopic (exact) mass is 268 g/mol. The maximum atomic E-state index is 4.83. The number of halogens is 1. The fraction of sp³-hybridized carbons (Fsp3) is 0.455. The van der Waals surface area contributed by atoms with Crippen LogP contribution in [0.5, 0.6) is 0 Å². The Kier molecular flexibility index (Phi) is 10.3. The zero-order valence-corrected chi connectivity index (χ0v) is 12.2. The Morgan fingerprint density at radius 2 is 1.79 bits per heavy atom. The van der Waals surface area contributed by atoms with Gasteiger partial charge in [0.25, 0.3) is 0 Å². The quantitative estimate of drug-likeness (QED) is 0.767. The standard InChI is InChI=1S/C7H7.C4H10O.BrH.Mg/c1-7-5-3-2-4-6-7;1-3-5-4-2;;/h2-5H,1H3;3-4H2,1-2H3;1H;/q;;;+1/p-1. The Bertz CT molecular complexity index is 238. The maximum Gasteiger partial charge on any atom is 0.507 e. The van der Waals surface area contributed by atoms with Gasteiger partial charge in [-0.25, -0.2) is 0 Å². The van der Waals surface area contributed by atoms with E-state index in [9.17, 15) is 0 Å². The number of hydrogen-bond acceptors (Lipinski definition) is 1. The topological polar surface area (TPSA) is 9.23 Å². The highest BCUT2D eigenvalue weighted by Gasteiger charge is 1.95. The van der Waals surface area contributed by atoms with Gasteiger partial charge < -0.3 is 4.74 Å². The summed E-state index contributed by atoms with van der Waals surface area (Å²) in [5.41, 5.74) is 1.42. The van der Waals surface area contributed by atoms with E-state index in [0.29, 0.717) is 0 Å². The van der Waals surface area contributed by atoms with E-state index < -0.39 is 0 Å². The van der Waals surface area contributed by atoms with E-state index in [-0.39, 0.29) is 18.2 Å². The van der Waals surface area contributed by atoms with Crippen molar-refractivity contribution in [1.29, 1.82) is 0 Å². The number of ether oxygens (including phenoxy) is 1. The molecule has 14 heavy (non-hydrogen) atoms. The van der Waals surface area contributed by atoms with E-state index in [4.69, 9.17) is 4.74 Å². The molecule has 0 saturated carbocycles. The summed E-state index contributed by atoms with van der Waals surface area (Å²) in [6.07, 6.45) is 0. The van der Waals surface area contributed by atoms with Gasteiger partial charge in [-0.3, -0.25) is 12.9 Å². The molecule has 0 aliphatic rings. The molecule has 1 rings (SSSR count). The van der Waals surface area contributed by atoms with Crippen LogP contribution in [0.4, 0.5) is 0 Å². The summed E-state index contributed by atoms with van der Waals surface area (Å²) in [5.74, 6) is 0. The van der Waals surface area contributed by atoms with Gasteiger partial charge in [-0.05, 0) is 20.8 Å². The van der Waals surface area contributed by atoms with Crippen LogP contribution in [0.3, 0.4) is 0 Å². The van der Waals surface area contributed by atoms with Gasteiger partial charge in [0.1, 0.15) is 0 Å². The minimum atomic E-state index is -0.125. The Morgan fingerprint density at radius 1 is 1.21 bits per heavy atom. The first-order chi connectivity index (χ1) is 6.76. The first-order valence-corrected chi connectivity index (χ1v) is 9.55. The lowest BCUT2D eigenvalue weighted by Gasteiger charge is -1.97. The van der Waals surface area contributed by atoms with Gasteiger partial charge in [-0.2, -0.15) is 0 Å². The average molecular weight is 269 g/mol. The summed E-state index contributed by atoms with van der Waals surface area (Å²) in [6.45, 7) is 7.82. The molecule has 0 amide bonds. The third-order valence-corrected chi connectivity index (χ3v) is 4.71. The molecule has 0 fully saturated rings. The highest BCUT2D eigenvalue weighted by Crippen LogP contribution is 1.92. The van der Waals surface area contributed by atoms with Crippen LogP contribution in [0.2, 0.25) is 0 Å². The van der Waals surface area contributed by atoms with Crippen molar-refractivity contribution in [3.63, 3.8) is 0 Å². The van der Waals surface area contributed by atoms with Gasteiger partial charge in [0.2, 0.25) is 0 Å². The third kappa shape index (κ3) is 6.82. The molecule has 3 heteroatoms. The summed E-state index contributed by atoms with van der Waals surface area (Å²) in [6, 6.07) is 8.52. The fourth-order valence-electron chi connectivity index (χ4n) is 0.964. The summed E-state index contributed by atoms with van der Waals surface area (Å²) in [5, 5.41) is 0. The molecule has 0 aliphatic heterocycles. The van der Waals surface area contributed by atoms with Gasteiger partial charge in [-0.1, -0.05) is 29.8 Å². The summed E-state index contributed by atoms with van der Waals surface area (Å²) < 4.78 is 6.34. The van der Waals surface area contributed by atoms with Crippen LogP contribution >= 0.6 is 12.9 Å². The van der Waals surface area contributed by atoms with Gasteiger partial charge in [-0.15, -0.1) is 3.69 Å². The molecular formula is C11H17BrMgO. The molecular weight excluding hydrogens is 252 g/mol. The first-order valence-electron chi connectivity index (χ1n) is 4.94. The van der Waals surface area contributed by atoms with Gasteiger partial charge in [0.05, 0.1) is 0 Å². The van der Waals surface area contributed by atoms with Crippen LogP contribution in [0.1, 0.15) is 19.4 Å². The summed E-state index contributed by atoms with van der Waals surface area (Å²) in [4.78, 5) is 0. The molecule has 0 aromatic heterocycles. The molecule has 0 N–H and O–H groups in total. The van der Waals surface area contributed by atoms with Crippen molar-refractivity contribution >= 4 is 34.8 Å². The van der Waals surface area contributed by atoms with Gasteiger partial charge in [0, 0.05) is 13.2 Å². The maximum absolute atomic E-state index is 4.83. The number of benzene rings is 1. The van der Waals surface area contributed by atoms with E-state index >= 15 is 0 Å². The molecule has 0 saturated heterocycles. The van der Waals surface area contributed by atoms with Crippen LogP contribution in [0, 0.1) is 6.92 Å². The number of aryl methyl sites for hydroxylation is 1. The van der Waals surface area contributed by atoms with Crippen LogP contribution in [0.25, 0.3) is 0 Å². The molecule has 0 aliphatic carbocycles. The minimum Gasteiger partial charge on any atom is -0.382 e. The third-order valence-electron chi connectivity index (χ3n) is 1.81. The van der Waals surface area contributed by atoms with E-state index in [0.717, 1.165) is 13.2 Å². The van der Waals surface area contributed by atoms with Crippen molar-refractivity contribution in [1.82, 2.24) is 0 Å². The fourth-order valence-corrected chi connectivity index (χ4v) is 3.41. The van der Waals surface area contributed by atoms with Crippen LogP contribution in [-0.4, -0.2) is 31.4 Å². The number of rotatable bonds is 3. The Labute approximate surface area is 103 Å². The Balaban J connectivity index is 0.000000292. The summed E-state index contributed by atoms with van der Waals surface area (Å²) >= 11 is 3.42. The smallest absolute Gasteiger partial charge is 0.382 e. The molecule has 76 valence electrons. The average Bonchev–Trinajstić information content (AvgIpc) is 2.21. The molecule has 0 unspecified atom stereocenters. The van der Waals surface area contributed by atoms with Crippen molar-refractivity contribution < 1.29 is 4.74 Å². The zero-order valence-electron chi connectivity index (χ0n) is 9.22. The van der Waals surface area contributed by atoms with E-state index in [1.54, 1.807) is 0 Å². The normalized spacial score (nSPS) is 8.57. The second-order valence-corrected chi connectivity index (χ2v) is 5.55. The molecule has 1 aromatic carbocycles. The van der Waals surface area contributed by atoms with E-state index in [2.05, 4.69) is 44.1 Å². The molecule has 1 aromatic rings. The largest absolute Gasteiger partial charge is 0.507 e. The molecule has 1 nitrogen and oxygen atoms in total. The lowest BCUT2D eigenvalue weighted by atomic mass is 10.2. The van der Waals surface area contributed by atoms with Crippen molar-refractivity contribution in [2.75, 3.05) is 13.2 Å². The molecule has 0 atom stereocenters. The molecule has 0 radical (unpaired) electrons. The number of hydrogen-bond donors (Lipinski definition) is 0. The highest BCUT2D eigenvalue weighted by atomic mass is 79.9. The predicted molar refractivity (Wildman–Crippen MR) is 67.7 cm³/mol. The minimum absolute atomic E-state index is 0.125. The first kappa shape index (κ1) is 14.4. The Hall–Kier alpha value is 0.426. The van der Waals surface area contributed by atoms with Crippen molar-refractivity contribution in [3.05, 3.63) is 29.8 Å².